The van der Waals surface area contributed by atoms with E-state index in [2.05, 4.69) is 0 Å². The minimum absolute atomic E-state index is 0.109. The van der Waals surface area contributed by atoms with Gasteiger partial charge in [0.1, 0.15) is 0 Å². The van der Waals surface area contributed by atoms with Crippen LogP contribution >= 0.6 is 22.3 Å². The molecule has 0 saturated heterocycles. The van der Waals surface area contributed by atoms with E-state index >= 15 is 0 Å². The Hall–Kier alpha value is -0.290. The van der Waals surface area contributed by atoms with Gasteiger partial charge in [0, 0.05) is 21.1 Å². The molecule has 1 rings (SSSR count). The maximum absolute atomic E-state index is 11.0. The molecule has 0 fully saturated rings. The summed E-state index contributed by atoms with van der Waals surface area (Å²) in [5, 5.41) is 0.673. The maximum Gasteiger partial charge on any atom is 0.233 e. The fraction of sp³-hybridized carbons (Fsp3) is 0.500. The Labute approximate surface area is 117 Å². The molecule has 0 N–H and O–H groups in total. The Morgan fingerprint density at radius 2 is 1.78 bits per heavy atom. The lowest BCUT2D eigenvalue weighted by molar-refractivity contribution is 0.0614. The lowest BCUT2D eigenvalue weighted by Gasteiger charge is -2.22. The van der Waals surface area contributed by atoms with Gasteiger partial charge in [-0.05, 0) is 17.7 Å². The molecule has 0 aliphatic carbocycles. The van der Waals surface area contributed by atoms with Gasteiger partial charge in [0.25, 0.3) is 0 Å². The zero-order chi connectivity index (χ0) is 13.8. The zero-order valence-electron chi connectivity index (χ0n) is 10.3. The Kier molecular flexibility index (Phi) is 5.46. The van der Waals surface area contributed by atoms with Crippen LogP contribution in [0.5, 0.6) is 0 Å². The third-order valence-corrected chi connectivity index (χ3v) is 3.94. The van der Waals surface area contributed by atoms with Gasteiger partial charge >= 0.3 is 0 Å². The van der Waals surface area contributed by atoms with Crippen molar-refractivity contribution in [2.45, 2.75) is 20.5 Å². The van der Waals surface area contributed by atoms with Crippen LogP contribution in [0.3, 0.4) is 0 Å². The number of halogens is 2. The van der Waals surface area contributed by atoms with Crippen LogP contribution in [0.2, 0.25) is 5.02 Å². The molecule has 0 heterocycles. The predicted octanol–water partition coefficient (Wildman–Crippen LogP) is 3.45. The lowest BCUT2D eigenvalue weighted by atomic mass is 9.98. The van der Waals surface area contributed by atoms with Crippen molar-refractivity contribution in [3.8, 4) is 0 Å². The minimum atomic E-state index is -3.51. The molecule has 0 aromatic heterocycles. The van der Waals surface area contributed by atoms with E-state index in [1.165, 1.54) is 0 Å². The molecule has 0 aliphatic heterocycles. The number of ether oxygens (including phenoxy) is 1. The Bertz CT molecular complexity index is 481. The van der Waals surface area contributed by atoms with Crippen LogP contribution in [0, 0.1) is 5.41 Å². The van der Waals surface area contributed by atoms with E-state index in [0.717, 1.165) is 5.56 Å². The summed E-state index contributed by atoms with van der Waals surface area (Å²) < 4.78 is 27.5. The molecule has 0 unspecified atom stereocenters. The molecule has 1 aromatic rings. The summed E-state index contributed by atoms with van der Waals surface area (Å²) in [5.41, 5.74) is 0.483. The van der Waals surface area contributed by atoms with Gasteiger partial charge in [-0.2, -0.15) is 0 Å². The van der Waals surface area contributed by atoms with Crippen LogP contribution in [0.25, 0.3) is 0 Å². The number of benzene rings is 1. The molecule has 0 spiro atoms. The minimum Gasteiger partial charge on any atom is -0.376 e. The Balaban J connectivity index is 2.43. The van der Waals surface area contributed by atoms with Crippen LogP contribution in [0.1, 0.15) is 19.4 Å². The van der Waals surface area contributed by atoms with E-state index in [0.29, 0.717) is 18.2 Å². The van der Waals surface area contributed by atoms with Crippen LogP contribution in [-0.2, 0) is 20.4 Å². The summed E-state index contributed by atoms with van der Waals surface area (Å²) >= 11 is 5.77. The van der Waals surface area contributed by atoms with Gasteiger partial charge in [-0.25, -0.2) is 8.42 Å². The van der Waals surface area contributed by atoms with Crippen molar-refractivity contribution in [1.29, 1.82) is 0 Å². The number of rotatable bonds is 6. The topological polar surface area (TPSA) is 43.4 Å². The standard InChI is InChI=1S/C12H16Cl2O3S/c1-12(2,9-18(14,15)16)8-17-7-10-3-5-11(13)6-4-10/h3-6H,7-9H2,1-2H3. The average molecular weight is 311 g/mol. The molecule has 1 aromatic carbocycles. The molecular weight excluding hydrogens is 295 g/mol. The van der Waals surface area contributed by atoms with Gasteiger partial charge in [0.2, 0.25) is 9.05 Å². The normalized spacial score (nSPS) is 12.7. The Morgan fingerprint density at radius 1 is 1.22 bits per heavy atom. The van der Waals surface area contributed by atoms with Crippen LogP contribution in [0.15, 0.2) is 24.3 Å². The molecule has 0 radical (unpaired) electrons. The summed E-state index contributed by atoms with van der Waals surface area (Å²) in [5.74, 6) is -0.109. The van der Waals surface area contributed by atoms with Gasteiger partial charge in [0.05, 0.1) is 19.0 Å². The second-order valence-corrected chi connectivity index (χ2v) is 8.18. The molecule has 0 amide bonds. The highest BCUT2D eigenvalue weighted by Crippen LogP contribution is 2.21. The second-order valence-electron chi connectivity index (χ2n) is 4.97. The highest BCUT2D eigenvalue weighted by Gasteiger charge is 2.25. The first-order chi connectivity index (χ1) is 8.18. The smallest absolute Gasteiger partial charge is 0.233 e. The molecule has 6 heteroatoms. The first-order valence-electron chi connectivity index (χ1n) is 5.42. The summed E-state index contributed by atoms with van der Waals surface area (Å²) in [7, 11) is 1.73. The van der Waals surface area contributed by atoms with Gasteiger partial charge in [-0.15, -0.1) is 0 Å². The predicted molar refractivity (Wildman–Crippen MR) is 74.5 cm³/mol. The van der Waals surface area contributed by atoms with Crippen LogP contribution in [-0.4, -0.2) is 20.8 Å². The summed E-state index contributed by atoms with van der Waals surface area (Å²) in [6, 6.07) is 7.31. The largest absolute Gasteiger partial charge is 0.376 e. The molecule has 0 bridgehead atoms. The molecule has 0 atom stereocenters. The zero-order valence-corrected chi connectivity index (χ0v) is 12.6. The monoisotopic (exact) mass is 310 g/mol. The molecule has 3 nitrogen and oxygen atoms in total. The second kappa shape index (κ2) is 6.24. The van der Waals surface area contributed by atoms with E-state index in [-0.39, 0.29) is 5.75 Å². The first-order valence-corrected chi connectivity index (χ1v) is 8.28. The molecule has 0 aliphatic rings. The van der Waals surface area contributed by atoms with Gasteiger partial charge in [-0.1, -0.05) is 37.6 Å². The van der Waals surface area contributed by atoms with Crippen molar-refractivity contribution < 1.29 is 13.2 Å². The van der Waals surface area contributed by atoms with Gasteiger partial charge in [-0.3, -0.25) is 0 Å². The van der Waals surface area contributed by atoms with Crippen molar-refractivity contribution in [2.75, 3.05) is 12.4 Å². The molecule has 102 valence electrons. The lowest BCUT2D eigenvalue weighted by Crippen LogP contribution is -2.26. The third kappa shape index (κ3) is 6.59. The SMILES string of the molecule is CC(C)(COCc1ccc(Cl)cc1)CS(=O)(=O)Cl. The highest BCUT2D eigenvalue weighted by atomic mass is 35.7. The van der Waals surface area contributed by atoms with Crippen molar-refractivity contribution in [3.63, 3.8) is 0 Å². The summed E-state index contributed by atoms with van der Waals surface area (Å²) in [4.78, 5) is 0. The van der Waals surface area contributed by atoms with Crippen molar-refractivity contribution >= 4 is 31.3 Å². The van der Waals surface area contributed by atoms with Crippen molar-refractivity contribution in [3.05, 3.63) is 34.9 Å². The quantitative estimate of drug-likeness (QED) is 0.756. The van der Waals surface area contributed by atoms with E-state index in [1.54, 1.807) is 26.0 Å². The maximum atomic E-state index is 11.0. The summed E-state index contributed by atoms with van der Waals surface area (Å²) in [6.45, 7) is 4.34. The molecule has 18 heavy (non-hydrogen) atoms. The van der Waals surface area contributed by atoms with Gasteiger partial charge in [0.15, 0.2) is 0 Å². The van der Waals surface area contributed by atoms with Crippen molar-refractivity contribution in [1.82, 2.24) is 0 Å². The van der Waals surface area contributed by atoms with E-state index < -0.39 is 14.5 Å². The summed E-state index contributed by atoms with van der Waals surface area (Å²) in [6.07, 6.45) is 0. The van der Waals surface area contributed by atoms with E-state index in [1.807, 2.05) is 12.1 Å². The number of hydrogen-bond acceptors (Lipinski definition) is 3. The van der Waals surface area contributed by atoms with E-state index in [9.17, 15) is 8.42 Å². The fourth-order valence-corrected chi connectivity index (χ4v) is 3.56. The fourth-order valence-electron chi connectivity index (χ4n) is 1.53. The number of hydrogen-bond donors (Lipinski definition) is 0. The third-order valence-electron chi connectivity index (χ3n) is 2.24. The highest BCUT2D eigenvalue weighted by molar-refractivity contribution is 8.13. The average Bonchev–Trinajstić information content (AvgIpc) is 2.17. The van der Waals surface area contributed by atoms with Gasteiger partial charge < -0.3 is 4.74 Å². The van der Waals surface area contributed by atoms with Crippen LogP contribution < -0.4 is 0 Å². The molecule has 0 saturated carbocycles. The van der Waals surface area contributed by atoms with E-state index in [4.69, 9.17) is 27.0 Å². The first kappa shape index (κ1) is 15.8. The Morgan fingerprint density at radius 3 is 2.28 bits per heavy atom. The van der Waals surface area contributed by atoms with Crippen molar-refractivity contribution in [2.24, 2.45) is 5.41 Å². The molecular formula is C12H16Cl2O3S. The van der Waals surface area contributed by atoms with Crippen LogP contribution in [0.4, 0.5) is 0 Å².